The molecule has 0 saturated heterocycles. The first-order valence-corrected chi connectivity index (χ1v) is 17.2. The van der Waals surface area contributed by atoms with E-state index in [0.29, 0.717) is 33.7 Å². The molecule has 51 heavy (non-hydrogen) atoms. The maximum absolute atomic E-state index is 9.57. The van der Waals surface area contributed by atoms with Crippen LogP contribution in [0.25, 0.3) is 109 Å². The van der Waals surface area contributed by atoms with Crippen molar-refractivity contribution >= 4 is 75.4 Å². The number of aromatic nitrogens is 3. The lowest BCUT2D eigenvalue weighted by Gasteiger charge is -2.09. The van der Waals surface area contributed by atoms with Gasteiger partial charge in [0, 0.05) is 64.0 Å². The molecular weight excluding hydrogens is 647 g/mol. The molecule has 0 aliphatic rings. The Kier molecular flexibility index (Phi) is 4.91. The number of furan rings is 2. The number of para-hydroxylation sites is 2. The molecule has 11 aromatic rings. The van der Waals surface area contributed by atoms with Crippen molar-refractivity contribution < 1.29 is 17.1 Å². The molecule has 5 nitrogen and oxygen atoms in total. The van der Waals surface area contributed by atoms with Gasteiger partial charge in [-0.1, -0.05) is 115 Å². The minimum atomic E-state index is -0.340. The van der Waals surface area contributed by atoms with Gasteiger partial charge in [0.05, 0.1) is 8.22 Å². The lowest BCUT2D eigenvalue weighted by molar-refractivity contribution is 0.669. The molecule has 11 rings (SSSR count). The van der Waals surface area contributed by atoms with Crippen LogP contribution in [0.3, 0.4) is 0 Å². The summed E-state index contributed by atoms with van der Waals surface area (Å²) in [7, 11) is 0. The van der Waals surface area contributed by atoms with E-state index >= 15 is 0 Å². The normalized spacial score (nSPS) is 13.6. The average molecular weight is 678 g/mol. The van der Waals surface area contributed by atoms with Crippen LogP contribution in [0.2, 0.25) is 0 Å². The lowest BCUT2D eigenvalue weighted by Crippen LogP contribution is -2.00. The third-order valence-electron chi connectivity index (χ3n) is 9.26. The largest absolute Gasteiger partial charge is 0.456 e. The molecule has 7 aromatic carbocycles. The molecule has 0 aliphatic heterocycles. The second-order valence-electron chi connectivity index (χ2n) is 12.3. The summed E-state index contributed by atoms with van der Waals surface area (Å²) < 4.78 is 69.9. The summed E-state index contributed by atoms with van der Waals surface area (Å²) >= 11 is 1.62. The number of fused-ring (bicyclic) bond motifs is 9. The number of thiophene rings is 1. The third kappa shape index (κ3) is 4.43. The summed E-state index contributed by atoms with van der Waals surface area (Å²) in [6.07, 6.45) is 0. The van der Waals surface area contributed by atoms with Gasteiger partial charge >= 0.3 is 0 Å². The Morgan fingerprint density at radius 2 is 1.24 bits per heavy atom. The molecule has 0 aliphatic carbocycles. The zero-order chi connectivity index (χ0) is 38.7. The number of hydrogen-bond acceptors (Lipinski definition) is 6. The molecular formula is C45H25N3O2S. The van der Waals surface area contributed by atoms with Crippen molar-refractivity contribution in [2.24, 2.45) is 0 Å². The van der Waals surface area contributed by atoms with Gasteiger partial charge in [0.15, 0.2) is 17.5 Å². The highest BCUT2D eigenvalue weighted by atomic mass is 32.1. The minimum absolute atomic E-state index is 0.00147. The van der Waals surface area contributed by atoms with Crippen molar-refractivity contribution in [1.29, 1.82) is 0 Å². The molecule has 238 valence electrons. The second-order valence-corrected chi connectivity index (χ2v) is 13.4. The summed E-state index contributed by atoms with van der Waals surface area (Å²) in [6, 6.07) is 34.8. The number of nitrogens with zero attached hydrogens (tertiary/aromatic N) is 3. The predicted octanol–water partition coefficient (Wildman–Crippen LogP) is 12.7. The van der Waals surface area contributed by atoms with Gasteiger partial charge in [-0.25, -0.2) is 15.0 Å². The maximum Gasteiger partial charge on any atom is 0.164 e. The van der Waals surface area contributed by atoms with Crippen molar-refractivity contribution in [3.05, 3.63) is 152 Å². The van der Waals surface area contributed by atoms with Gasteiger partial charge in [-0.3, -0.25) is 0 Å². The molecule has 4 heterocycles. The Bertz CT molecular complexity index is 3510. The van der Waals surface area contributed by atoms with Crippen LogP contribution in [0.5, 0.6) is 0 Å². The van der Waals surface area contributed by atoms with Gasteiger partial charge in [-0.2, -0.15) is 0 Å². The van der Waals surface area contributed by atoms with Gasteiger partial charge in [-0.05, 0) is 41.9 Å². The highest BCUT2D eigenvalue weighted by Crippen LogP contribution is 2.41. The van der Waals surface area contributed by atoms with Crippen LogP contribution >= 0.6 is 11.3 Å². The molecule has 0 saturated carbocycles. The molecule has 0 spiro atoms. The van der Waals surface area contributed by atoms with E-state index in [-0.39, 0.29) is 81.0 Å². The summed E-state index contributed by atoms with van der Waals surface area (Å²) in [6.45, 7) is 0. The zero-order valence-corrected chi connectivity index (χ0v) is 27.4. The Labute approximate surface area is 303 Å². The molecule has 0 amide bonds. The number of rotatable bonds is 4. The monoisotopic (exact) mass is 677 g/mol. The smallest absolute Gasteiger partial charge is 0.164 e. The fraction of sp³-hybridized carbons (Fsp3) is 0. The fourth-order valence-corrected chi connectivity index (χ4v) is 8.04. The Morgan fingerprint density at radius 3 is 2.16 bits per heavy atom. The van der Waals surface area contributed by atoms with Gasteiger partial charge in [0.25, 0.3) is 0 Å². The van der Waals surface area contributed by atoms with Crippen molar-refractivity contribution in [1.82, 2.24) is 15.0 Å². The van der Waals surface area contributed by atoms with E-state index in [1.54, 1.807) is 11.3 Å². The van der Waals surface area contributed by atoms with E-state index in [1.807, 2.05) is 103 Å². The summed E-state index contributed by atoms with van der Waals surface area (Å²) in [5, 5.41) is 4.02. The SMILES string of the molecule is [2H]c1c([2H])c([2H])c2c(oc3c([2H])c(-c4nc(-c5ccccc5)nc(-c5cccc6oc7ccccc7c56)n4)c([2H])c([2H])c32)c1-c1ccc2c(c1)sc1ccccc12. The van der Waals surface area contributed by atoms with Crippen molar-refractivity contribution in [2.45, 2.75) is 0 Å². The highest BCUT2D eigenvalue weighted by molar-refractivity contribution is 7.25. The Morgan fingerprint density at radius 1 is 0.471 bits per heavy atom. The summed E-state index contributed by atoms with van der Waals surface area (Å²) in [5.74, 6) is 0.593. The predicted molar refractivity (Wildman–Crippen MR) is 209 cm³/mol. The van der Waals surface area contributed by atoms with Crippen LogP contribution in [0.4, 0.5) is 0 Å². The first-order chi connectivity index (χ1) is 27.8. The van der Waals surface area contributed by atoms with E-state index < -0.39 is 0 Å². The molecule has 0 N–H and O–H groups in total. The Hall–Kier alpha value is -6.63. The molecule has 4 aromatic heterocycles. The first kappa shape index (κ1) is 22.9. The molecule has 6 heteroatoms. The third-order valence-corrected chi connectivity index (χ3v) is 10.4. The molecule has 0 unspecified atom stereocenters. The Balaban J connectivity index is 1.18. The number of benzene rings is 7. The molecule has 0 fully saturated rings. The number of hydrogen-bond donors (Lipinski definition) is 0. The summed E-state index contributed by atoms with van der Waals surface area (Å²) in [4.78, 5) is 14.6. The van der Waals surface area contributed by atoms with E-state index in [0.717, 1.165) is 30.9 Å². The van der Waals surface area contributed by atoms with Crippen molar-refractivity contribution in [3.8, 4) is 45.3 Å². The van der Waals surface area contributed by atoms with Crippen LogP contribution < -0.4 is 0 Å². The van der Waals surface area contributed by atoms with Gasteiger partial charge < -0.3 is 8.83 Å². The minimum Gasteiger partial charge on any atom is -0.456 e. The quantitative estimate of drug-likeness (QED) is 0.185. The van der Waals surface area contributed by atoms with E-state index in [1.165, 1.54) is 0 Å². The topological polar surface area (TPSA) is 65.0 Å². The van der Waals surface area contributed by atoms with Crippen LogP contribution in [-0.2, 0) is 0 Å². The standard InChI is InChI=1S/C45H25N3O2S/c1-2-10-26(11-3-1)43-46-44(48-45(47-43)35-16-9-18-37-41(35)34-13-4-6-17-36(34)49-37)28-21-22-30-33-15-8-14-29(42(33)50-38(30)24-28)27-20-23-32-31-12-5-7-19-39(31)51-40(32)25-27/h1-25H/i8D,14D,15D,21D,22D,24D. The molecule has 0 radical (unpaired) electrons. The van der Waals surface area contributed by atoms with Crippen LogP contribution in [0, 0.1) is 0 Å². The van der Waals surface area contributed by atoms with Crippen LogP contribution in [0.15, 0.2) is 160 Å². The van der Waals surface area contributed by atoms with E-state index in [4.69, 9.17) is 27.9 Å². The van der Waals surface area contributed by atoms with E-state index in [2.05, 4.69) is 12.1 Å². The lowest BCUT2D eigenvalue weighted by atomic mass is 10.0. The average Bonchev–Trinajstić information content (AvgIpc) is 3.94. The van der Waals surface area contributed by atoms with Gasteiger partial charge in [0.2, 0.25) is 0 Å². The van der Waals surface area contributed by atoms with E-state index in [9.17, 15) is 4.11 Å². The fourth-order valence-electron chi connectivity index (χ4n) is 6.90. The first-order valence-electron chi connectivity index (χ1n) is 19.4. The van der Waals surface area contributed by atoms with Crippen molar-refractivity contribution in [3.63, 3.8) is 0 Å². The van der Waals surface area contributed by atoms with Gasteiger partial charge in [0.1, 0.15) is 22.3 Å². The highest BCUT2D eigenvalue weighted by Gasteiger charge is 2.19. The van der Waals surface area contributed by atoms with Crippen molar-refractivity contribution in [2.75, 3.05) is 0 Å². The van der Waals surface area contributed by atoms with Crippen LogP contribution in [-0.4, -0.2) is 15.0 Å². The van der Waals surface area contributed by atoms with Gasteiger partial charge in [-0.15, -0.1) is 11.3 Å². The van der Waals surface area contributed by atoms with Crippen LogP contribution in [0.1, 0.15) is 8.22 Å². The molecule has 0 bridgehead atoms. The molecule has 0 atom stereocenters. The second kappa shape index (κ2) is 10.9. The zero-order valence-electron chi connectivity index (χ0n) is 32.5. The summed E-state index contributed by atoms with van der Waals surface area (Å²) in [5.41, 5.74) is 3.59. The maximum atomic E-state index is 9.57.